The largest absolute Gasteiger partial charge is 0.337 e. The molecule has 0 spiro atoms. The van der Waals surface area contributed by atoms with E-state index in [1.165, 1.54) is 16.9 Å². The van der Waals surface area contributed by atoms with Crippen LogP contribution in [0.4, 0.5) is 0 Å². The molecule has 1 aromatic carbocycles. The van der Waals surface area contributed by atoms with E-state index in [0.717, 1.165) is 53.1 Å². The van der Waals surface area contributed by atoms with Crippen molar-refractivity contribution >= 4 is 38.2 Å². The lowest BCUT2D eigenvalue weighted by molar-refractivity contribution is 0.0701. The van der Waals surface area contributed by atoms with E-state index in [1.54, 1.807) is 17.5 Å². The lowest BCUT2D eigenvalue weighted by atomic mass is 9.95. The minimum atomic E-state index is -0.0542. The minimum Gasteiger partial charge on any atom is -0.337 e. The maximum absolute atomic E-state index is 13.4. The van der Waals surface area contributed by atoms with Gasteiger partial charge < -0.3 is 9.88 Å². The molecule has 1 fully saturated rings. The molecule has 6 nitrogen and oxygen atoms in total. The van der Waals surface area contributed by atoms with Crippen LogP contribution in [-0.2, 0) is 12.8 Å². The Balaban J connectivity index is 1.32. The van der Waals surface area contributed by atoms with Gasteiger partial charge in [-0.15, -0.1) is 11.3 Å². The molecule has 32 heavy (non-hydrogen) atoms. The summed E-state index contributed by atoms with van der Waals surface area (Å²) in [7, 11) is 0. The quantitative estimate of drug-likeness (QED) is 0.496. The summed E-state index contributed by atoms with van der Waals surface area (Å²) in [6.07, 6.45) is 7.84. The Hall–Kier alpha value is -3.06. The number of aryl methyl sites for hydroxylation is 2. The number of nitrogens with one attached hydrogen (secondary N) is 1. The Morgan fingerprint density at radius 3 is 2.94 bits per heavy atom. The summed E-state index contributed by atoms with van der Waals surface area (Å²) in [6, 6.07) is 9.77. The molecule has 0 saturated carbocycles. The summed E-state index contributed by atoms with van der Waals surface area (Å²) < 4.78 is 0. The van der Waals surface area contributed by atoms with E-state index >= 15 is 0 Å². The first-order valence-corrected chi connectivity index (χ1v) is 12.2. The second-order valence-electron chi connectivity index (χ2n) is 8.81. The number of nitrogens with zero attached hydrogens (tertiary/aromatic N) is 3. The molecular weight excluding hydrogens is 420 g/mol. The number of pyridine rings is 1. The van der Waals surface area contributed by atoms with Gasteiger partial charge in [0.1, 0.15) is 16.3 Å². The summed E-state index contributed by atoms with van der Waals surface area (Å²) in [6.45, 7) is 1.24. The van der Waals surface area contributed by atoms with E-state index in [0.29, 0.717) is 24.6 Å². The van der Waals surface area contributed by atoms with Crippen molar-refractivity contribution in [2.45, 2.75) is 44.4 Å². The third kappa shape index (κ3) is 3.23. The van der Waals surface area contributed by atoms with Crippen molar-refractivity contribution in [1.29, 1.82) is 0 Å². The van der Waals surface area contributed by atoms with E-state index in [4.69, 9.17) is 4.98 Å². The van der Waals surface area contributed by atoms with E-state index in [1.807, 2.05) is 35.2 Å². The van der Waals surface area contributed by atoms with Gasteiger partial charge in [0.05, 0.1) is 5.39 Å². The van der Waals surface area contributed by atoms with Gasteiger partial charge in [0.15, 0.2) is 0 Å². The molecule has 7 heteroatoms. The smallest absolute Gasteiger partial charge is 0.273 e. The Bertz CT molecular complexity index is 1400. The van der Waals surface area contributed by atoms with Gasteiger partial charge in [0, 0.05) is 35.5 Å². The van der Waals surface area contributed by atoms with Crippen LogP contribution in [0.25, 0.3) is 21.0 Å². The van der Waals surface area contributed by atoms with Gasteiger partial charge in [0.25, 0.3) is 11.5 Å². The fourth-order valence-corrected chi connectivity index (χ4v) is 6.47. The van der Waals surface area contributed by atoms with Crippen molar-refractivity contribution in [2.75, 3.05) is 13.1 Å². The molecule has 6 rings (SSSR count). The predicted octanol–water partition coefficient (Wildman–Crippen LogP) is 4.43. The minimum absolute atomic E-state index is 0.0245. The average molecular weight is 445 g/mol. The van der Waals surface area contributed by atoms with Gasteiger partial charge in [0.2, 0.25) is 0 Å². The zero-order chi connectivity index (χ0) is 21.7. The molecule has 1 unspecified atom stereocenters. The number of fused-ring (bicyclic) bond motifs is 4. The SMILES string of the molecule is O=C(c1nccc2ccccc12)N1CCCC(c2nc3sc4c(c3c(=O)[nH]2)CCCC4)C1. The topological polar surface area (TPSA) is 79.0 Å². The van der Waals surface area contributed by atoms with Gasteiger partial charge >= 0.3 is 0 Å². The van der Waals surface area contributed by atoms with Crippen molar-refractivity contribution in [3.63, 3.8) is 0 Å². The number of H-pyrrole nitrogens is 1. The number of piperidine rings is 1. The van der Waals surface area contributed by atoms with E-state index in [2.05, 4.69) is 9.97 Å². The molecule has 1 saturated heterocycles. The molecule has 0 radical (unpaired) electrons. The highest BCUT2D eigenvalue weighted by Crippen LogP contribution is 2.35. The number of likely N-dealkylation sites (tertiary alicyclic amines) is 1. The van der Waals surface area contributed by atoms with Gasteiger partial charge in [-0.1, -0.05) is 24.3 Å². The molecule has 1 N–H and O–H groups in total. The summed E-state index contributed by atoms with van der Waals surface area (Å²) in [5.41, 5.74) is 1.68. The molecule has 162 valence electrons. The van der Waals surface area contributed by atoms with Crippen LogP contribution in [0.5, 0.6) is 0 Å². The summed E-state index contributed by atoms with van der Waals surface area (Å²) in [5.74, 6) is 0.685. The van der Waals surface area contributed by atoms with Crippen LogP contribution in [0.3, 0.4) is 0 Å². The summed E-state index contributed by atoms with van der Waals surface area (Å²) in [4.78, 5) is 42.8. The van der Waals surface area contributed by atoms with Crippen LogP contribution >= 0.6 is 11.3 Å². The predicted molar refractivity (Wildman–Crippen MR) is 127 cm³/mol. The van der Waals surface area contributed by atoms with Crippen molar-refractivity contribution in [3.8, 4) is 0 Å². The van der Waals surface area contributed by atoms with Crippen LogP contribution in [0.2, 0.25) is 0 Å². The molecule has 1 atom stereocenters. The first-order chi connectivity index (χ1) is 15.7. The Kier molecular flexibility index (Phi) is 4.79. The van der Waals surface area contributed by atoms with Crippen LogP contribution in [0, 0.1) is 0 Å². The van der Waals surface area contributed by atoms with E-state index < -0.39 is 0 Å². The second-order valence-corrected chi connectivity index (χ2v) is 9.90. The molecule has 4 heterocycles. The number of hydrogen-bond donors (Lipinski definition) is 1. The molecule has 1 amide bonds. The molecule has 4 aromatic rings. The van der Waals surface area contributed by atoms with Crippen molar-refractivity contribution < 1.29 is 4.79 Å². The Labute approximate surface area is 189 Å². The summed E-state index contributed by atoms with van der Waals surface area (Å²) >= 11 is 1.68. The van der Waals surface area contributed by atoms with E-state index in [-0.39, 0.29) is 17.4 Å². The molecule has 2 aliphatic rings. The number of carbonyl (C=O) groups excluding carboxylic acids is 1. The monoisotopic (exact) mass is 444 g/mol. The van der Waals surface area contributed by atoms with Crippen LogP contribution < -0.4 is 5.56 Å². The lowest BCUT2D eigenvalue weighted by Crippen LogP contribution is -2.40. The molecule has 1 aliphatic carbocycles. The third-order valence-corrected chi connectivity index (χ3v) is 8.00. The number of aromatic amines is 1. The first kappa shape index (κ1) is 19.6. The number of carbonyl (C=O) groups is 1. The number of aromatic nitrogens is 3. The van der Waals surface area contributed by atoms with Gasteiger partial charge in [-0.3, -0.25) is 14.6 Å². The number of amides is 1. The zero-order valence-corrected chi connectivity index (χ0v) is 18.6. The maximum Gasteiger partial charge on any atom is 0.273 e. The van der Waals surface area contributed by atoms with Crippen molar-refractivity contribution in [1.82, 2.24) is 19.9 Å². The number of hydrogen-bond acceptors (Lipinski definition) is 5. The van der Waals surface area contributed by atoms with Gasteiger partial charge in [-0.05, 0) is 55.5 Å². The highest BCUT2D eigenvalue weighted by molar-refractivity contribution is 7.18. The summed E-state index contributed by atoms with van der Waals surface area (Å²) in [5, 5.41) is 2.67. The molecule has 0 bridgehead atoms. The van der Waals surface area contributed by atoms with Crippen LogP contribution in [-0.4, -0.2) is 38.8 Å². The standard InChI is InChI=1S/C25H24N4O2S/c30-23-20-18-9-3-4-10-19(18)32-24(20)28-22(27-23)16-7-5-13-29(14-16)25(31)21-17-8-2-1-6-15(17)11-12-26-21/h1-2,6,8,11-12,16H,3-5,7,9-10,13-14H2,(H,27,28,30). The highest BCUT2D eigenvalue weighted by Gasteiger charge is 2.29. The Morgan fingerprint density at radius 1 is 1.12 bits per heavy atom. The van der Waals surface area contributed by atoms with Crippen LogP contribution in [0.15, 0.2) is 41.3 Å². The fraction of sp³-hybridized carbons (Fsp3) is 0.360. The highest BCUT2D eigenvalue weighted by atomic mass is 32.1. The van der Waals surface area contributed by atoms with Gasteiger partial charge in [-0.2, -0.15) is 0 Å². The Morgan fingerprint density at radius 2 is 2.00 bits per heavy atom. The third-order valence-electron chi connectivity index (χ3n) is 6.81. The number of thiophene rings is 1. The number of rotatable bonds is 2. The molecule has 3 aromatic heterocycles. The number of benzene rings is 1. The van der Waals surface area contributed by atoms with Gasteiger partial charge in [-0.25, -0.2) is 4.98 Å². The molecular formula is C25H24N4O2S. The maximum atomic E-state index is 13.4. The average Bonchev–Trinajstić information content (AvgIpc) is 3.22. The normalized spacial score (nSPS) is 18.8. The zero-order valence-electron chi connectivity index (χ0n) is 17.8. The van der Waals surface area contributed by atoms with E-state index in [9.17, 15) is 9.59 Å². The van der Waals surface area contributed by atoms with Crippen LogP contribution in [0.1, 0.15) is 58.4 Å². The fourth-order valence-electron chi connectivity index (χ4n) is 5.20. The lowest BCUT2D eigenvalue weighted by Gasteiger charge is -2.32. The first-order valence-electron chi connectivity index (χ1n) is 11.4. The second kappa shape index (κ2) is 7.81. The molecule has 1 aliphatic heterocycles. The van der Waals surface area contributed by atoms with Crippen molar-refractivity contribution in [2.24, 2.45) is 0 Å². The van der Waals surface area contributed by atoms with Crippen molar-refractivity contribution in [3.05, 3.63) is 68.8 Å².